The highest BCUT2D eigenvalue weighted by molar-refractivity contribution is 5.97. The second-order valence-electron chi connectivity index (χ2n) is 7.42. The summed E-state index contributed by atoms with van der Waals surface area (Å²) in [7, 11) is 0. The van der Waals surface area contributed by atoms with Gasteiger partial charge in [-0.25, -0.2) is 4.39 Å². The van der Waals surface area contributed by atoms with Crippen LogP contribution in [0.1, 0.15) is 35.3 Å². The van der Waals surface area contributed by atoms with Gasteiger partial charge in [-0.05, 0) is 31.5 Å². The van der Waals surface area contributed by atoms with Gasteiger partial charge in [-0.2, -0.15) is 22.0 Å². The van der Waals surface area contributed by atoms with Crippen LogP contribution in [-0.2, 0) is 9.53 Å². The van der Waals surface area contributed by atoms with E-state index in [2.05, 4.69) is 15.0 Å². The average molecular weight is 477 g/mol. The molecule has 1 saturated heterocycles. The number of ether oxygens (including phenoxy) is 2. The summed E-state index contributed by atoms with van der Waals surface area (Å²) in [5, 5.41) is 2.30. The maximum atomic E-state index is 13.7. The van der Waals surface area contributed by atoms with Crippen LogP contribution in [-0.4, -0.2) is 41.3 Å². The maximum absolute atomic E-state index is 13.7. The van der Waals surface area contributed by atoms with Crippen molar-refractivity contribution in [2.45, 2.75) is 43.8 Å². The Labute approximate surface area is 182 Å². The number of amides is 2. The van der Waals surface area contributed by atoms with Crippen molar-refractivity contribution < 1.29 is 45.4 Å². The largest absolute Gasteiger partial charge is 0.434 e. The van der Waals surface area contributed by atoms with Crippen LogP contribution in [0.5, 0.6) is 5.75 Å². The summed E-state index contributed by atoms with van der Waals surface area (Å²) in [5.74, 6) is -5.09. The number of aromatic nitrogens is 1. The molecule has 13 heteroatoms. The normalized spacial score (nSPS) is 22.9. The molecule has 2 amide bonds. The molecule has 2 heterocycles. The van der Waals surface area contributed by atoms with Crippen molar-refractivity contribution in [1.82, 2.24) is 4.98 Å². The summed E-state index contributed by atoms with van der Waals surface area (Å²) in [5.41, 5.74) is 1.80. The monoisotopic (exact) mass is 477 g/mol. The fourth-order valence-corrected chi connectivity index (χ4v) is 3.50. The molecule has 1 aliphatic rings. The first-order valence-electron chi connectivity index (χ1n) is 9.36. The molecule has 0 saturated carbocycles. The van der Waals surface area contributed by atoms with Crippen molar-refractivity contribution in [3.63, 3.8) is 0 Å². The first-order chi connectivity index (χ1) is 15.3. The van der Waals surface area contributed by atoms with Crippen LogP contribution in [0.4, 0.5) is 32.0 Å². The van der Waals surface area contributed by atoms with E-state index in [4.69, 9.17) is 10.5 Å². The molecule has 3 atom stereocenters. The molecule has 0 spiro atoms. The van der Waals surface area contributed by atoms with Crippen LogP contribution in [0, 0.1) is 5.82 Å². The number of pyridine rings is 1. The number of benzene rings is 1. The molecule has 178 valence electrons. The highest BCUT2D eigenvalue weighted by atomic mass is 19.4. The van der Waals surface area contributed by atoms with E-state index in [1.165, 1.54) is 6.07 Å². The number of primary amides is 1. The number of carbonyl (C=O) groups is 2. The molecule has 0 unspecified atom stereocenters. The van der Waals surface area contributed by atoms with E-state index < -0.39 is 60.2 Å². The SMILES string of the molecule is C[C@]1(C(F)(F)F)C[C@@H](c2ccc(F)cc2OC(F)F)[C@@H](C(=O)Nc2ccnc(C(N)=O)c2)O1. The second-order valence-corrected chi connectivity index (χ2v) is 7.42. The minimum atomic E-state index is -4.92. The Kier molecular flexibility index (Phi) is 6.54. The van der Waals surface area contributed by atoms with E-state index in [0.717, 1.165) is 24.4 Å². The van der Waals surface area contributed by atoms with E-state index in [0.29, 0.717) is 13.0 Å². The van der Waals surface area contributed by atoms with Crippen molar-refractivity contribution in [3.8, 4) is 5.75 Å². The number of hydrogen-bond acceptors (Lipinski definition) is 5. The molecule has 7 nitrogen and oxygen atoms in total. The van der Waals surface area contributed by atoms with E-state index in [-0.39, 0.29) is 16.9 Å². The maximum Gasteiger partial charge on any atom is 0.417 e. The molecule has 1 fully saturated rings. The molecule has 1 aromatic heterocycles. The van der Waals surface area contributed by atoms with Crippen LogP contribution < -0.4 is 15.8 Å². The molecular weight excluding hydrogens is 460 g/mol. The summed E-state index contributed by atoms with van der Waals surface area (Å²) in [6.45, 7) is -2.68. The number of rotatable bonds is 6. The standard InChI is InChI=1S/C20H17F6N3O4/c1-19(20(24,25)26)8-12(11-3-2-9(21)6-14(11)32-18(22)23)15(33-19)17(31)29-10-4-5-28-13(7-10)16(27)30/h2-7,12,15,18H,8H2,1H3,(H2,27,30)(H,28,29,31)/t12-,15-,19+/m0/s1. The van der Waals surface area contributed by atoms with Crippen molar-refractivity contribution in [1.29, 1.82) is 0 Å². The molecule has 2 aromatic rings. The molecule has 1 aromatic carbocycles. The average Bonchev–Trinajstić information content (AvgIpc) is 3.07. The Morgan fingerprint density at radius 3 is 2.58 bits per heavy atom. The number of halogens is 6. The molecule has 0 bridgehead atoms. The van der Waals surface area contributed by atoms with Crippen molar-refractivity contribution >= 4 is 17.5 Å². The molecular formula is C20H17F6N3O4. The predicted molar refractivity (Wildman–Crippen MR) is 101 cm³/mol. The number of nitrogens with one attached hydrogen (secondary N) is 1. The lowest BCUT2D eigenvalue weighted by atomic mass is 9.86. The Morgan fingerprint density at radius 1 is 1.27 bits per heavy atom. The minimum absolute atomic E-state index is 0.0186. The summed E-state index contributed by atoms with van der Waals surface area (Å²) < 4.78 is 89.7. The summed E-state index contributed by atoms with van der Waals surface area (Å²) in [6, 6.07) is 4.73. The Balaban J connectivity index is 2.00. The lowest BCUT2D eigenvalue weighted by Gasteiger charge is -2.27. The molecule has 0 aliphatic carbocycles. The van der Waals surface area contributed by atoms with Gasteiger partial charge in [0.1, 0.15) is 23.4 Å². The topological polar surface area (TPSA) is 104 Å². The number of alkyl halides is 5. The van der Waals surface area contributed by atoms with Crippen LogP contribution in [0.25, 0.3) is 0 Å². The number of nitrogens with two attached hydrogens (primary N) is 1. The predicted octanol–water partition coefficient (Wildman–Crippen LogP) is 3.75. The fraction of sp³-hybridized carbons (Fsp3) is 0.350. The van der Waals surface area contributed by atoms with Gasteiger partial charge in [-0.1, -0.05) is 6.07 Å². The van der Waals surface area contributed by atoms with Gasteiger partial charge in [-0.3, -0.25) is 14.6 Å². The first kappa shape index (κ1) is 24.3. The van der Waals surface area contributed by atoms with Crippen LogP contribution in [0.3, 0.4) is 0 Å². The third kappa shape index (κ3) is 5.18. The quantitative estimate of drug-likeness (QED) is 0.617. The molecule has 3 rings (SSSR count). The molecule has 3 N–H and O–H groups in total. The smallest absolute Gasteiger partial charge is 0.417 e. The zero-order chi connectivity index (χ0) is 24.6. The zero-order valence-electron chi connectivity index (χ0n) is 16.8. The second kappa shape index (κ2) is 8.89. The van der Waals surface area contributed by atoms with E-state index >= 15 is 0 Å². The third-order valence-corrected chi connectivity index (χ3v) is 5.09. The zero-order valence-corrected chi connectivity index (χ0v) is 16.8. The van der Waals surface area contributed by atoms with Gasteiger partial charge in [0.15, 0.2) is 5.60 Å². The van der Waals surface area contributed by atoms with Crippen molar-refractivity contribution in [2.24, 2.45) is 5.73 Å². The molecule has 1 aliphatic heterocycles. The van der Waals surface area contributed by atoms with Gasteiger partial charge >= 0.3 is 12.8 Å². The van der Waals surface area contributed by atoms with Crippen LogP contribution in [0.15, 0.2) is 36.5 Å². The highest BCUT2D eigenvalue weighted by Crippen LogP contribution is 2.51. The number of nitrogens with zero attached hydrogens (tertiary/aromatic N) is 1. The molecule has 0 radical (unpaired) electrons. The number of carbonyl (C=O) groups excluding carboxylic acids is 2. The highest BCUT2D eigenvalue weighted by Gasteiger charge is 2.61. The third-order valence-electron chi connectivity index (χ3n) is 5.09. The first-order valence-corrected chi connectivity index (χ1v) is 9.36. The number of anilines is 1. The molecule has 33 heavy (non-hydrogen) atoms. The summed E-state index contributed by atoms with van der Waals surface area (Å²) in [4.78, 5) is 27.8. The van der Waals surface area contributed by atoms with Gasteiger partial charge in [0.2, 0.25) is 0 Å². The fourth-order valence-electron chi connectivity index (χ4n) is 3.50. The van der Waals surface area contributed by atoms with Gasteiger partial charge in [-0.15, -0.1) is 0 Å². The van der Waals surface area contributed by atoms with Gasteiger partial charge in [0, 0.05) is 29.4 Å². The van der Waals surface area contributed by atoms with Gasteiger partial charge in [0.25, 0.3) is 11.8 Å². The lowest BCUT2D eigenvalue weighted by molar-refractivity contribution is -0.261. The van der Waals surface area contributed by atoms with Crippen LogP contribution >= 0.6 is 0 Å². The van der Waals surface area contributed by atoms with E-state index in [9.17, 15) is 35.9 Å². The summed E-state index contributed by atoms with van der Waals surface area (Å²) in [6.07, 6.45) is -6.44. The van der Waals surface area contributed by atoms with Crippen LogP contribution in [0.2, 0.25) is 0 Å². The minimum Gasteiger partial charge on any atom is -0.434 e. The Hall–Kier alpha value is -3.35. The van der Waals surface area contributed by atoms with Crippen molar-refractivity contribution in [3.05, 3.63) is 53.6 Å². The van der Waals surface area contributed by atoms with Crippen molar-refractivity contribution in [2.75, 3.05) is 5.32 Å². The van der Waals surface area contributed by atoms with Gasteiger partial charge < -0.3 is 20.5 Å². The van der Waals surface area contributed by atoms with E-state index in [1.54, 1.807) is 0 Å². The van der Waals surface area contributed by atoms with Gasteiger partial charge in [0.05, 0.1) is 0 Å². The summed E-state index contributed by atoms with van der Waals surface area (Å²) >= 11 is 0. The lowest BCUT2D eigenvalue weighted by Crippen LogP contribution is -2.43. The Morgan fingerprint density at radius 2 is 1.97 bits per heavy atom. The van der Waals surface area contributed by atoms with E-state index in [1.807, 2.05) is 0 Å². The Bertz CT molecular complexity index is 1060. The number of hydrogen-bond donors (Lipinski definition) is 2.